The molecule has 0 N–H and O–H groups in total. The highest BCUT2D eigenvalue weighted by molar-refractivity contribution is 6.04. The summed E-state index contributed by atoms with van der Waals surface area (Å²) in [5, 5.41) is 0.578. The minimum absolute atomic E-state index is 0.0688. The molecule has 0 radical (unpaired) electrons. The van der Waals surface area contributed by atoms with Crippen LogP contribution in [-0.2, 0) is 19.2 Å². The standard InChI is InChI=1S/C37H46N5O4/c1-38(2)31-15-9-28(10-16-31)37(29-11-17-32(18-12-29)39(3)4)30-13-19-33(20-14-30)41-26-24-40(25-27-41)23-7-5-6-8-36(45)46-42-34(43)21-22-35(42)44/h9-20H,5-8,21-27H2,1-4H3/q+1/i15D,16D,17D,18D,19D,20D. The van der Waals surface area contributed by atoms with Crippen molar-refractivity contribution in [3.05, 3.63) is 89.4 Å². The lowest BCUT2D eigenvalue weighted by Crippen LogP contribution is -2.46. The van der Waals surface area contributed by atoms with Crippen LogP contribution >= 0.6 is 0 Å². The highest BCUT2D eigenvalue weighted by atomic mass is 16.7. The van der Waals surface area contributed by atoms with Gasteiger partial charge in [0.05, 0.1) is 8.22 Å². The lowest BCUT2D eigenvalue weighted by atomic mass is 9.90. The fraction of sp³-hybridized carbons (Fsp3) is 0.405. The lowest BCUT2D eigenvalue weighted by molar-refractivity contribution is -0.462. The molecule has 0 spiro atoms. The molecule has 2 fully saturated rings. The van der Waals surface area contributed by atoms with E-state index in [0.29, 0.717) is 63.9 Å². The number of rotatable bonds is 11. The molecule has 1 aliphatic carbocycles. The summed E-state index contributed by atoms with van der Waals surface area (Å²) >= 11 is 0. The minimum atomic E-state index is -0.584. The Bertz CT molecular complexity index is 1810. The fourth-order valence-corrected chi connectivity index (χ4v) is 5.54. The van der Waals surface area contributed by atoms with Gasteiger partial charge in [0.15, 0.2) is 5.71 Å². The quantitative estimate of drug-likeness (QED) is 0.203. The maximum Gasteiger partial charge on any atom is 0.333 e. The Labute approximate surface area is 281 Å². The first-order valence-corrected chi connectivity index (χ1v) is 15.8. The predicted molar refractivity (Wildman–Crippen MR) is 183 cm³/mol. The summed E-state index contributed by atoms with van der Waals surface area (Å²) in [5.74, 6) is -1.55. The molecule has 0 saturated carbocycles. The van der Waals surface area contributed by atoms with Crippen molar-refractivity contribution in [2.75, 3.05) is 70.7 Å². The van der Waals surface area contributed by atoms with Crippen LogP contribution in [0.3, 0.4) is 0 Å². The van der Waals surface area contributed by atoms with E-state index in [4.69, 9.17) is 13.1 Å². The normalized spacial score (nSPS) is 19.0. The largest absolute Gasteiger partial charge is 0.378 e. The van der Waals surface area contributed by atoms with E-state index in [9.17, 15) is 14.4 Å². The Hall–Kier alpha value is -4.50. The Morgan fingerprint density at radius 3 is 2.02 bits per heavy atom. The zero-order valence-corrected chi connectivity index (χ0v) is 27.1. The number of imide groups is 1. The molecule has 2 aromatic carbocycles. The maximum atomic E-state index is 12.1. The second-order valence-electron chi connectivity index (χ2n) is 12.0. The van der Waals surface area contributed by atoms with Crippen molar-refractivity contribution >= 4 is 40.4 Å². The highest BCUT2D eigenvalue weighted by Gasteiger charge is 2.32. The number of carbonyl (C=O) groups is 3. The van der Waals surface area contributed by atoms with Crippen LogP contribution in [-0.4, -0.2) is 98.9 Å². The molecular weight excluding hydrogens is 578 g/mol. The van der Waals surface area contributed by atoms with Gasteiger partial charge < -0.3 is 14.6 Å². The summed E-state index contributed by atoms with van der Waals surface area (Å²) in [6.07, 6.45) is 5.81. The number of carbonyl (C=O) groups excluding carboxylic acids is 3. The first kappa shape index (κ1) is 25.7. The van der Waals surface area contributed by atoms with E-state index in [2.05, 4.69) is 4.90 Å². The van der Waals surface area contributed by atoms with E-state index in [1.807, 2.05) is 4.90 Å². The average molecular weight is 631 g/mol. The average Bonchev–Trinajstić information content (AvgIpc) is 3.36. The van der Waals surface area contributed by atoms with E-state index in [-0.39, 0.29) is 55.5 Å². The zero-order valence-electron chi connectivity index (χ0n) is 33.1. The van der Waals surface area contributed by atoms with Gasteiger partial charge in [-0.15, -0.1) is 5.06 Å². The van der Waals surface area contributed by atoms with Crippen LogP contribution in [0.25, 0.3) is 5.57 Å². The van der Waals surface area contributed by atoms with Crippen LogP contribution in [0.5, 0.6) is 0 Å². The Kier molecular flexibility index (Phi) is 8.47. The predicted octanol–water partition coefficient (Wildman–Crippen LogP) is 4.68. The number of allylic oxidation sites excluding steroid dienone is 5. The van der Waals surface area contributed by atoms with Crippen LogP contribution in [0, 0.1) is 0 Å². The first-order valence-electron chi connectivity index (χ1n) is 18.8. The van der Waals surface area contributed by atoms with Gasteiger partial charge in [0, 0.05) is 83.0 Å². The molecule has 46 heavy (non-hydrogen) atoms. The molecular formula is C37H46N5O4+. The number of anilines is 2. The molecule has 5 rings (SSSR count). The summed E-state index contributed by atoms with van der Waals surface area (Å²) in [5.41, 5.74) is 3.58. The Morgan fingerprint density at radius 1 is 0.870 bits per heavy atom. The molecule has 9 nitrogen and oxygen atoms in total. The number of unbranched alkanes of at least 4 members (excludes halogenated alkanes) is 2. The van der Waals surface area contributed by atoms with Gasteiger partial charge in [-0.2, -0.15) is 0 Å². The summed E-state index contributed by atoms with van der Waals surface area (Å²) < 4.78 is 54.6. The SMILES string of the molecule is [2H]C1=CC(=C(c2cc([2H])c(N(C)C)c([2H])c2)c2cc([2H])c(N3CCN(CCCCCC(=O)ON4C(=O)CCC4=O)CC3)c([2H])c2)C=C([2H])C1=[N+](C)C. The van der Waals surface area contributed by atoms with E-state index < -0.39 is 17.8 Å². The van der Waals surface area contributed by atoms with Gasteiger partial charge in [-0.05, 0) is 78.0 Å². The number of hydroxylamine groups is 2. The molecule has 0 aromatic heterocycles. The third-order valence-electron chi connectivity index (χ3n) is 8.19. The molecule has 3 aliphatic rings. The molecule has 242 valence electrons. The zero-order chi connectivity index (χ0) is 37.9. The summed E-state index contributed by atoms with van der Waals surface area (Å²) in [7, 11) is 7.11. The molecule has 2 heterocycles. The van der Waals surface area contributed by atoms with E-state index >= 15 is 0 Å². The van der Waals surface area contributed by atoms with Crippen molar-refractivity contribution in [3.63, 3.8) is 0 Å². The third-order valence-corrected chi connectivity index (χ3v) is 8.19. The van der Waals surface area contributed by atoms with Crippen LogP contribution in [0.1, 0.15) is 57.9 Å². The van der Waals surface area contributed by atoms with Crippen molar-refractivity contribution in [2.24, 2.45) is 0 Å². The smallest absolute Gasteiger partial charge is 0.333 e. The Morgan fingerprint density at radius 2 is 1.46 bits per heavy atom. The molecule has 2 amide bonds. The number of nitrogens with zero attached hydrogens (tertiary/aromatic N) is 5. The number of piperazine rings is 1. The van der Waals surface area contributed by atoms with E-state index in [1.165, 1.54) is 0 Å². The van der Waals surface area contributed by atoms with E-state index in [1.54, 1.807) is 74.1 Å². The second-order valence-corrected chi connectivity index (χ2v) is 12.0. The molecule has 2 aliphatic heterocycles. The van der Waals surface area contributed by atoms with Gasteiger partial charge in [0.25, 0.3) is 11.8 Å². The van der Waals surface area contributed by atoms with Gasteiger partial charge in [0.2, 0.25) is 0 Å². The molecule has 2 aromatic rings. The summed E-state index contributed by atoms with van der Waals surface area (Å²) in [6.45, 7) is 3.57. The summed E-state index contributed by atoms with van der Waals surface area (Å²) in [6, 6.07) is 7.61. The molecule has 0 bridgehead atoms. The monoisotopic (exact) mass is 630 g/mol. The number of benzene rings is 2. The summed E-state index contributed by atoms with van der Waals surface area (Å²) in [4.78, 5) is 46.3. The molecule has 9 heteroatoms. The van der Waals surface area contributed by atoms with Crippen LogP contribution in [0.15, 0.2) is 78.3 Å². The van der Waals surface area contributed by atoms with Crippen molar-refractivity contribution in [2.45, 2.75) is 38.5 Å². The lowest BCUT2D eigenvalue weighted by Gasteiger charge is -2.36. The van der Waals surface area contributed by atoms with Gasteiger partial charge in [-0.1, -0.05) is 30.7 Å². The van der Waals surface area contributed by atoms with Gasteiger partial charge in [-0.25, -0.2) is 9.37 Å². The van der Waals surface area contributed by atoms with Gasteiger partial charge in [-0.3, -0.25) is 14.5 Å². The minimum Gasteiger partial charge on any atom is -0.378 e. The Balaban J connectivity index is 1.29. The van der Waals surface area contributed by atoms with Gasteiger partial charge in [0.1, 0.15) is 14.1 Å². The number of amides is 2. The maximum absolute atomic E-state index is 12.1. The van der Waals surface area contributed by atoms with Crippen LogP contribution in [0.2, 0.25) is 0 Å². The third kappa shape index (κ3) is 8.20. The van der Waals surface area contributed by atoms with Crippen molar-refractivity contribution in [1.29, 1.82) is 0 Å². The van der Waals surface area contributed by atoms with Crippen molar-refractivity contribution < 1.29 is 32.0 Å². The van der Waals surface area contributed by atoms with Crippen LogP contribution < -0.4 is 9.80 Å². The second kappa shape index (κ2) is 15.2. The molecule has 2 saturated heterocycles. The van der Waals surface area contributed by atoms with Crippen molar-refractivity contribution in [3.8, 4) is 0 Å². The van der Waals surface area contributed by atoms with Gasteiger partial charge >= 0.3 is 5.97 Å². The highest BCUT2D eigenvalue weighted by Crippen LogP contribution is 2.32. The number of hydrogen-bond acceptors (Lipinski definition) is 7. The topological polar surface area (TPSA) is 76.4 Å². The fourth-order valence-electron chi connectivity index (χ4n) is 5.54. The molecule has 0 unspecified atom stereocenters. The van der Waals surface area contributed by atoms with Crippen LogP contribution in [0.4, 0.5) is 11.4 Å². The first-order chi connectivity index (χ1) is 24.7. The number of hydrogen-bond donors (Lipinski definition) is 0. The van der Waals surface area contributed by atoms with E-state index in [0.717, 1.165) is 32.5 Å². The van der Waals surface area contributed by atoms with Crippen molar-refractivity contribution in [1.82, 2.24) is 9.96 Å². The molecule has 0 atom stereocenters.